The number of rotatable bonds is 3. The molecule has 1 aliphatic carbocycles. The highest BCUT2D eigenvalue weighted by atomic mass is 15.3. The molecular formula is C16H26N4. The summed E-state index contributed by atoms with van der Waals surface area (Å²) in [6.45, 7) is 4.60. The van der Waals surface area contributed by atoms with E-state index in [1.807, 2.05) is 12.3 Å². The second kappa shape index (κ2) is 6.55. The SMILES string of the molecule is CNC1CCC(N2CCN(c3ccccn3)CC2)CC1. The van der Waals surface area contributed by atoms with Crippen molar-refractivity contribution < 1.29 is 0 Å². The number of hydrogen-bond acceptors (Lipinski definition) is 4. The minimum atomic E-state index is 0.751. The summed E-state index contributed by atoms with van der Waals surface area (Å²) in [5, 5.41) is 3.42. The van der Waals surface area contributed by atoms with Gasteiger partial charge in [-0.15, -0.1) is 0 Å². The molecule has 1 aliphatic heterocycles. The average Bonchev–Trinajstić information content (AvgIpc) is 2.56. The first-order chi connectivity index (χ1) is 9.86. The van der Waals surface area contributed by atoms with Crippen LogP contribution in [0.25, 0.3) is 0 Å². The Kier molecular flexibility index (Phi) is 4.53. The van der Waals surface area contributed by atoms with Crippen LogP contribution in [0.15, 0.2) is 24.4 Å². The first-order valence-electron chi connectivity index (χ1n) is 7.94. The van der Waals surface area contributed by atoms with Gasteiger partial charge in [0.05, 0.1) is 0 Å². The number of aromatic nitrogens is 1. The van der Waals surface area contributed by atoms with Gasteiger partial charge in [-0.3, -0.25) is 4.90 Å². The highest BCUT2D eigenvalue weighted by molar-refractivity contribution is 5.38. The Morgan fingerprint density at radius 3 is 2.40 bits per heavy atom. The maximum atomic E-state index is 4.46. The Balaban J connectivity index is 1.49. The van der Waals surface area contributed by atoms with E-state index in [1.54, 1.807) is 0 Å². The van der Waals surface area contributed by atoms with Crippen molar-refractivity contribution in [2.24, 2.45) is 0 Å². The van der Waals surface area contributed by atoms with Gasteiger partial charge in [-0.1, -0.05) is 6.07 Å². The normalized spacial score (nSPS) is 28.6. The third-order valence-electron chi connectivity index (χ3n) is 4.91. The van der Waals surface area contributed by atoms with Crippen molar-refractivity contribution >= 4 is 5.82 Å². The fraction of sp³-hybridized carbons (Fsp3) is 0.688. The fourth-order valence-electron chi connectivity index (χ4n) is 3.59. The molecule has 0 aromatic carbocycles. The second-order valence-electron chi connectivity index (χ2n) is 6.01. The maximum absolute atomic E-state index is 4.46. The standard InChI is InChI=1S/C16H26N4/c1-17-14-5-7-15(8-6-14)19-10-12-20(13-11-19)16-4-2-3-9-18-16/h2-4,9,14-15,17H,5-8,10-13H2,1H3. The monoisotopic (exact) mass is 274 g/mol. The van der Waals surface area contributed by atoms with E-state index in [0.29, 0.717) is 0 Å². The van der Waals surface area contributed by atoms with E-state index in [2.05, 4.69) is 39.3 Å². The lowest BCUT2D eigenvalue weighted by molar-refractivity contribution is 0.137. The average molecular weight is 274 g/mol. The van der Waals surface area contributed by atoms with Crippen LogP contribution in [0, 0.1) is 0 Å². The largest absolute Gasteiger partial charge is 0.354 e. The van der Waals surface area contributed by atoms with Gasteiger partial charge in [0.25, 0.3) is 0 Å². The zero-order chi connectivity index (χ0) is 13.8. The van der Waals surface area contributed by atoms with Crippen LogP contribution in [0.3, 0.4) is 0 Å². The van der Waals surface area contributed by atoms with E-state index in [9.17, 15) is 0 Å². The van der Waals surface area contributed by atoms with Crippen LogP contribution < -0.4 is 10.2 Å². The lowest BCUT2D eigenvalue weighted by Gasteiger charge is -2.42. The molecule has 1 aromatic rings. The number of pyridine rings is 1. The van der Waals surface area contributed by atoms with E-state index >= 15 is 0 Å². The quantitative estimate of drug-likeness (QED) is 0.909. The molecule has 0 amide bonds. The number of nitrogens with one attached hydrogen (secondary N) is 1. The number of piperazine rings is 1. The molecular weight excluding hydrogens is 248 g/mol. The van der Waals surface area contributed by atoms with Gasteiger partial charge in [0, 0.05) is 44.5 Å². The van der Waals surface area contributed by atoms with Crippen LogP contribution in [0.1, 0.15) is 25.7 Å². The molecule has 1 N–H and O–H groups in total. The van der Waals surface area contributed by atoms with Gasteiger partial charge in [-0.05, 0) is 44.9 Å². The first kappa shape index (κ1) is 13.8. The van der Waals surface area contributed by atoms with E-state index < -0.39 is 0 Å². The highest BCUT2D eigenvalue weighted by Gasteiger charge is 2.27. The van der Waals surface area contributed by atoms with Crippen LogP contribution >= 0.6 is 0 Å². The molecule has 4 nitrogen and oxygen atoms in total. The Morgan fingerprint density at radius 1 is 1.05 bits per heavy atom. The maximum Gasteiger partial charge on any atom is 0.128 e. The number of nitrogens with zero attached hydrogens (tertiary/aromatic N) is 3. The molecule has 1 saturated carbocycles. The highest BCUT2D eigenvalue weighted by Crippen LogP contribution is 2.24. The van der Waals surface area contributed by atoms with Crippen LogP contribution in [-0.4, -0.2) is 55.2 Å². The molecule has 20 heavy (non-hydrogen) atoms. The molecule has 2 fully saturated rings. The van der Waals surface area contributed by atoms with E-state index in [4.69, 9.17) is 0 Å². The summed E-state index contributed by atoms with van der Waals surface area (Å²) < 4.78 is 0. The molecule has 0 bridgehead atoms. The minimum absolute atomic E-state index is 0.751. The smallest absolute Gasteiger partial charge is 0.128 e. The summed E-state index contributed by atoms with van der Waals surface area (Å²) >= 11 is 0. The second-order valence-corrected chi connectivity index (χ2v) is 6.01. The molecule has 0 spiro atoms. The van der Waals surface area contributed by atoms with Gasteiger partial charge in [-0.2, -0.15) is 0 Å². The fourth-order valence-corrected chi connectivity index (χ4v) is 3.59. The molecule has 0 radical (unpaired) electrons. The number of anilines is 1. The first-order valence-corrected chi connectivity index (χ1v) is 7.94. The van der Waals surface area contributed by atoms with Gasteiger partial charge in [0.2, 0.25) is 0 Å². The van der Waals surface area contributed by atoms with Crippen molar-refractivity contribution in [3.63, 3.8) is 0 Å². The van der Waals surface area contributed by atoms with Crippen LogP contribution in [0.5, 0.6) is 0 Å². The zero-order valence-electron chi connectivity index (χ0n) is 12.5. The molecule has 2 aliphatic rings. The summed E-state index contributed by atoms with van der Waals surface area (Å²) in [4.78, 5) is 9.57. The Morgan fingerprint density at radius 2 is 1.80 bits per heavy atom. The van der Waals surface area contributed by atoms with Crippen LogP contribution in [-0.2, 0) is 0 Å². The van der Waals surface area contributed by atoms with Crippen molar-refractivity contribution in [1.29, 1.82) is 0 Å². The van der Waals surface area contributed by atoms with Crippen molar-refractivity contribution in [2.45, 2.75) is 37.8 Å². The van der Waals surface area contributed by atoms with Crippen LogP contribution in [0.2, 0.25) is 0 Å². The minimum Gasteiger partial charge on any atom is -0.354 e. The lowest BCUT2D eigenvalue weighted by atomic mass is 9.90. The van der Waals surface area contributed by atoms with Gasteiger partial charge in [0.15, 0.2) is 0 Å². The van der Waals surface area contributed by atoms with Crippen LogP contribution in [0.4, 0.5) is 5.82 Å². The Bertz CT molecular complexity index is 392. The summed E-state index contributed by atoms with van der Waals surface area (Å²) in [7, 11) is 2.09. The molecule has 0 atom stereocenters. The third kappa shape index (κ3) is 3.13. The topological polar surface area (TPSA) is 31.4 Å². The van der Waals surface area contributed by atoms with E-state index in [-0.39, 0.29) is 0 Å². The molecule has 4 heteroatoms. The third-order valence-corrected chi connectivity index (χ3v) is 4.91. The lowest BCUT2D eigenvalue weighted by Crippen LogP contribution is -2.52. The Labute approximate surface area is 122 Å². The molecule has 3 rings (SSSR count). The van der Waals surface area contributed by atoms with Crippen molar-refractivity contribution in [3.05, 3.63) is 24.4 Å². The molecule has 110 valence electrons. The van der Waals surface area contributed by atoms with Crippen molar-refractivity contribution in [3.8, 4) is 0 Å². The molecule has 0 unspecified atom stereocenters. The summed E-state index contributed by atoms with van der Waals surface area (Å²) in [6.07, 6.45) is 7.27. The van der Waals surface area contributed by atoms with Gasteiger partial charge < -0.3 is 10.2 Å². The molecule has 2 heterocycles. The summed E-state index contributed by atoms with van der Waals surface area (Å²) in [5.74, 6) is 1.13. The Hall–Kier alpha value is -1.13. The number of hydrogen-bond donors (Lipinski definition) is 1. The zero-order valence-corrected chi connectivity index (χ0v) is 12.5. The van der Waals surface area contributed by atoms with Crippen molar-refractivity contribution in [2.75, 3.05) is 38.1 Å². The van der Waals surface area contributed by atoms with Crippen molar-refractivity contribution in [1.82, 2.24) is 15.2 Å². The molecule has 1 saturated heterocycles. The summed E-state index contributed by atoms with van der Waals surface area (Å²) in [6, 6.07) is 7.74. The predicted octanol–water partition coefficient (Wildman–Crippen LogP) is 1.73. The van der Waals surface area contributed by atoms with E-state index in [0.717, 1.165) is 31.0 Å². The summed E-state index contributed by atoms with van der Waals surface area (Å²) in [5.41, 5.74) is 0. The van der Waals surface area contributed by atoms with E-state index in [1.165, 1.54) is 38.8 Å². The molecule has 1 aromatic heterocycles. The van der Waals surface area contributed by atoms with Gasteiger partial charge in [-0.25, -0.2) is 4.98 Å². The predicted molar refractivity (Wildman–Crippen MR) is 83.1 cm³/mol. The van der Waals surface area contributed by atoms with Gasteiger partial charge in [0.1, 0.15) is 5.82 Å². The van der Waals surface area contributed by atoms with Gasteiger partial charge >= 0.3 is 0 Å².